The molecule has 0 radical (unpaired) electrons. The molecular weight excluding hydrogens is 469 g/mol. The molecule has 0 spiro atoms. The zero-order valence-electron chi connectivity index (χ0n) is 18.1. The predicted octanol–water partition coefficient (Wildman–Crippen LogP) is 4.84. The Kier molecular flexibility index (Phi) is 5.35. The van der Waals surface area contributed by atoms with Crippen LogP contribution in [0.1, 0.15) is 23.4 Å². The first-order valence-corrected chi connectivity index (χ1v) is 11.2. The number of urea groups is 1. The van der Waals surface area contributed by atoms with Crippen LogP contribution in [0.2, 0.25) is 0 Å². The lowest BCUT2D eigenvalue weighted by molar-refractivity contribution is -0.137. The summed E-state index contributed by atoms with van der Waals surface area (Å²) < 4.78 is 41.0. The minimum Gasteiger partial charge on any atom is -0.368 e. The van der Waals surface area contributed by atoms with Crippen molar-refractivity contribution in [3.63, 3.8) is 0 Å². The molecule has 2 N–H and O–H groups in total. The van der Waals surface area contributed by atoms with Gasteiger partial charge in [-0.15, -0.1) is 0 Å². The van der Waals surface area contributed by atoms with Crippen LogP contribution in [0.15, 0.2) is 36.8 Å². The molecule has 1 aliphatic carbocycles. The van der Waals surface area contributed by atoms with Crippen LogP contribution in [0, 0.1) is 6.92 Å². The number of benzene rings is 1. The number of nitrogens with one attached hydrogen (secondary N) is 2. The van der Waals surface area contributed by atoms with Crippen molar-refractivity contribution in [2.45, 2.75) is 32.0 Å². The van der Waals surface area contributed by atoms with Crippen molar-refractivity contribution in [3.05, 3.63) is 47.4 Å². The topological polar surface area (TPSA) is 101 Å². The van der Waals surface area contributed by atoms with E-state index < -0.39 is 17.8 Å². The van der Waals surface area contributed by atoms with Crippen molar-refractivity contribution in [2.75, 3.05) is 22.6 Å². The molecule has 0 unspecified atom stereocenters. The Balaban J connectivity index is 1.43. The van der Waals surface area contributed by atoms with Crippen LogP contribution < -0.4 is 15.5 Å². The SMILES string of the molecule is Cc1nc2c(N(C)C3CC3)c(NC(=O)Nc3ccc(-n4nccn4)c(C(F)(F)F)c3)cnc2s1. The van der Waals surface area contributed by atoms with E-state index in [-0.39, 0.29) is 11.4 Å². The molecule has 1 saturated carbocycles. The first-order valence-electron chi connectivity index (χ1n) is 10.4. The number of thiazole rings is 1. The number of hydrogen-bond donors (Lipinski definition) is 2. The zero-order chi connectivity index (χ0) is 24.0. The maximum Gasteiger partial charge on any atom is 0.418 e. The van der Waals surface area contributed by atoms with Crippen molar-refractivity contribution in [1.82, 2.24) is 25.0 Å². The maximum atomic E-state index is 13.7. The van der Waals surface area contributed by atoms with Crippen LogP contribution in [0.3, 0.4) is 0 Å². The van der Waals surface area contributed by atoms with Crippen LogP contribution in [0.4, 0.5) is 35.0 Å². The number of fused-ring (bicyclic) bond motifs is 1. The largest absolute Gasteiger partial charge is 0.418 e. The number of hydrogen-bond acceptors (Lipinski definition) is 7. The summed E-state index contributed by atoms with van der Waals surface area (Å²) in [5, 5.41) is 13.6. The van der Waals surface area contributed by atoms with Gasteiger partial charge in [-0.1, -0.05) is 11.3 Å². The number of aryl methyl sites for hydroxylation is 1. The number of carbonyl (C=O) groups excluding carboxylic acids is 1. The van der Waals surface area contributed by atoms with Gasteiger partial charge in [0, 0.05) is 18.8 Å². The van der Waals surface area contributed by atoms with E-state index in [1.807, 2.05) is 14.0 Å². The van der Waals surface area contributed by atoms with Gasteiger partial charge in [0.1, 0.15) is 10.3 Å². The third-order valence-electron chi connectivity index (χ3n) is 5.40. The Bertz CT molecular complexity index is 1360. The summed E-state index contributed by atoms with van der Waals surface area (Å²) in [4.78, 5) is 25.4. The van der Waals surface area contributed by atoms with Crippen molar-refractivity contribution < 1.29 is 18.0 Å². The second-order valence-corrected chi connectivity index (χ2v) is 9.06. The van der Waals surface area contributed by atoms with Gasteiger partial charge in [-0.05, 0) is 38.0 Å². The lowest BCUT2D eigenvalue weighted by atomic mass is 10.1. The molecule has 0 atom stereocenters. The quantitative estimate of drug-likeness (QED) is 0.417. The third kappa shape index (κ3) is 4.25. The van der Waals surface area contributed by atoms with Crippen LogP contribution in [0.5, 0.6) is 0 Å². The molecule has 3 heterocycles. The van der Waals surface area contributed by atoms with Crippen LogP contribution >= 0.6 is 11.3 Å². The average Bonchev–Trinajstić information content (AvgIpc) is 3.34. The lowest BCUT2D eigenvalue weighted by Crippen LogP contribution is -2.25. The van der Waals surface area contributed by atoms with Gasteiger partial charge in [0.05, 0.1) is 46.2 Å². The molecule has 0 aliphatic heterocycles. The Morgan fingerprint density at radius 2 is 1.94 bits per heavy atom. The van der Waals surface area contributed by atoms with E-state index in [9.17, 15) is 18.0 Å². The lowest BCUT2D eigenvalue weighted by Gasteiger charge is -2.22. The van der Waals surface area contributed by atoms with Gasteiger partial charge in [-0.2, -0.15) is 28.2 Å². The number of nitrogens with zero attached hydrogens (tertiary/aromatic N) is 6. The van der Waals surface area contributed by atoms with E-state index in [0.29, 0.717) is 17.2 Å². The molecule has 1 fully saturated rings. The Morgan fingerprint density at radius 1 is 1.21 bits per heavy atom. The molecule has 3 aromatic heterocycles. The summed E-state index contributed by atoms with van der Waals surface area (Å²) in [5.41, 5.74) is 0.602. The fraction of sp³-hybridized carbons (Fsp3) is 0.286. The van der Waals surface area contributed by atoms with Crippen LogP contribution in [-0.2, 0) is 6.18 Å². The van der Waals surface area contributed by atoms with Crippen molar-refractivity contribution in [3.8, 4) is 5.69 Å². The van der Waals surface area contributed by atoms with Gasteiger partial charge in [-0.25, -0.2) is 14.8 Å². The molecule has 5 rings (SSSR count). The highest BCUT2D eigenvalue weighted by Crippen LogP contribution is 2.40. The smallest absolute Gasteiger partial charge is 0.368 e. The highest BCUT2D eigenvalue weighted by atomic mass is 32.1. The summed E-state index contributed by atoms with van der Waals surface area (Å²) >= 11 is 1.45. The molecule has 9 nitrogen and oxygen atoms in total. The third-order valence-corrected chi connectivity index (χ3v) is 6.27. The zero-order valence-corrected chi connectivity index (χ0v) is 18.9. The molecular formula is C21H19F3N8OS. The minimum absolute atomic E-state index is 0.0311. The van der Waals surface area contributed by atoms with Crippen molar-refractivity contribution in [1.29, 1.82) is 0 Å². The minimum atomic E-state index is -4.67. The number of carbonyl (C=O) groups is 1. The molecule has 4 aromatic rings. The summed E-state index contributed by atoms with van der Waals surface area (Å²) in [5.74, 6) is 0. The fourth-order valence-corrected chi connectivity index (χ4v) is 4.46. The summed E-state index contributed by atoms with van der Waals surface area (Å²) in [6, 6.07) is 3.05. The number of halogens is 3. The molecule has 2 amide bonds. The van der Waals surface area contributed by atoms with Gasteiger partial charge in [0.15, 0.2) is 0 Å². The van der Waals surface area contributed by atoms with E-state index in [4.69, 9.17) is 0 Å². The molecule has 1 aromatic carbocycles. The van der Waals surface area contributed by atoms with Crippen molar-refractivity contribution >= 4 is 44.8 Å². The highest BCUT2D eigenvalue weighted by molar-refractivity contribution is 7.18. The van der Waals surface area contributed by atoms with Gasteiger partial charge in [0.25, 0.3) is 0 Å². The maximum absolute atomic E-state index is 13.7. The fourth-order valence-electron chi connectivity index (χ4n) is 3.70. The molecule has 176 valence electrons. The standard InChI is InChI=1S/C21H19F3N8OS/c1-11-28-17-18(31(2)13-4-5-13)15(10-25-19(17)34-11)30-20(33)29-12-3-6-16(32-26-7-8-27-32)14(9-12)21(22,23)24/h3,6-10,13H,4-5H2,1-2H3,(H2,29,30,33). The second-order valence-electron chi connectivity index (χ2n) is 7.88. The van der Waals surface area contributed by atoms with Gasteiger partial charge >= 0.3 is 12.2 Å². The Labute approximate surface area is 195 Å². The van der Waals surface area contributed by atoms with Gasteiger partial charge < -0.3 is 15.5 Å². The highest BCUT2D eigenvalue weighted by Gasteiger charge is 2.35. The van der Waals surface area contributed by atoms with E-state index in [2.05, 4.69) is 35.7 Å². The second kappa shape index (κ2) is 8.24. The first kappa shape index (κ1) is 22.1. The summed E-state index contributed by atoms with van der Waals surface area (Å²) in [6.07, 6.45) is 1.50. The summed E-state index contributed by atoms with van der Waals surface area (Å²) in [7, 11) is 1.93. The first-order chi connectivity index (χ1) is 16.2. The number of aromatic nitrogens is 5. The number of pyridine rings is 1. The monoisotopic (exact) mass is 488 g/mol. The number of alkyl halides is 3. The van der Waals surface area contributed by atoms with Crippen LogP contribution in [0.25, 0.3) is 16.0 Å². The number of amides is 2. The van der Waals surface area contributed by atoms with Gasteiger partial charge in [0.2, 0.25) is 0 Å². The summed E-state index contributed by atoms with van der Waals surface area (Å²) in [6.45, 7) is 1.88. The molecule has 34 heavy (non-hydrogen) atoms. The van der Waals surface area contributed by atoms with Crippen molar-refractivity contribution in [2.24, 2.45) is 0 Å². The van der Waals surface area contributed by atoms with E-state index in [1.165, 1.54) is 35.9 Å². The van der Waals surface area contributed by atoms with E-state index in [1.54, 1.807) is 6.20 Å². The van der Waals surface area contributed by atoms with E-state index in [0.717, 1.165) is 39.2 Å². The number of anilines is 3. The Hall–Kier alpha value is -3.74. The molecule has 13 heteroatoms. The normalized spacial score (nSPS) is 13.8. The molecule has 0 saturated heterocycles. The van der Waals surface area contributed by atoms with E-state index >= 15 is 0 Å². The predicted molar refractivity (Wildman–Crippen MR) is 123 cm³/mol. The average molecular weight is 488 g/mol. The van der Waals surface area contributed by atoms with Crippen LogP contribution in [-0.4, -0.2) is 44.1 Å². The van der Waals surface area contributed by atoms with Gasteiger partial charge in [-0.3, -0.25) is 0 Å². The number of rotatable bonds is 5. The molecule has 1 aliphatic rings. The molecule has 0 bridgehead atoms. The Morgan fingerprint density at radius 3 is 2.62 bits per heavy atom.